The fraction of sp³-hybridized carbons (Fsp3) is 0.684. The molecule has 3 rings (SSSR count). The molecule has 1 saturated heterocycles. The van der Waals surface area contributed by atoms with E-state index in [0.717, 1.165) is 19.0 Å². The molecule has 1 N–H and O–H groups in total. The molecular formula is C19H30N2. The minimum atomic E-state index is 0.311. The van der Waals surface area contributed by atoms with E-state index in [1.807, 2.05) is 0 Å². The minimum Gasteiger partial charge on any atom is -0.365 e. The molecule has 0 amide bonds. The summed E-state index contributed by atoms with van der Waals surface area (Å²) in [5.74, 6) is 0.885. The molecule has 2 atom stereocenters. The van der Waals surface area contributed by atoms with E-state index in [2.05, 4.69) is 55.3 Å². The molecule has 1 aromatic rings. The first-order chi connectivity index (χ1) is 10.2. The number of hydrogen-bond donors (Lipinski definition) is 1. The highest BCUT2D eigenvalue weighted by molar-refractivity contribution is 5.55. The zero-order valence-electron chi connectivity index (χ0n) is 13.9. The number of aryl methyl sites for hydroxylation is 1. The average molecular weight is 286 g/mol. The molecule has 0 radical (unpaired) electrons. The molecule has 1 aliphatic heterocycles. The Morgan fingerprint density at radius 1 is 1.24 bits per heavy atom. The van der Waals surface area contributed by atoms with Crippen LogP contribution in [0.3, 0.4) is 0 Å². The van der Waals surface area contributed by atoms with Crippen molar-refractivity contribution in [2.75, 3.05) is 18.0 Å². The van der Waals surface area contributed by atoms with E-state index in [-0.39, 0.29) is 0 Å². The molecule has 1 aliphatic carbocycles. The van der Waals surface area contributed by atoms with Crippen LogP contribution in [0.25, 0.3) is 0 Å². The van der Waals surface area contributed by atoms with E-state index in [1.165, 1.54) is 43.4 Å². The number of rotatable bonds is 5. The third kappa shape index (κ3) is 2.96. The van der Waals surface area contributed by atoms with Gasteiger partial charge >= 0.3 is 0 Å². The van der Waals surface area contributed by atoms with Crippen LogP contribution in [0.15, 0.2) is 24.3 Å². The predicted molar refractivity (Wildman–Crippen MR) is 91.0 cm³/mol. The molecule has 1 saturated carbocycles. The molecule has 21 heavy (non-hydrogen) atoms. The van der Waals surface area contributed by atoms with Crippen molar-refractivity contribution in [3.05, 3.63) is 29.8 Å². The predicted octanol–water partition coefficient (Wildman–Crippen LogP) is 4.00. The number of hydrogen-bond acceptors (Lipinski definition) is 2. The van der Waals surface area contributed by atoms with Gasteiger partial charge in [-0.1, -0.05) is 38.5 Å². The Morgan fingerprint density at radius 3 is 2.67 bits per heavy atom. The lowest BCUT2D eigenvalue weighted by Gasteiger charge is -2.48. The average Bonchev–Trinajstić information content (AvgIpc) is 3.33. The molecule has 0 aromatic heterocycles. The first-order valence-electron chi connectivity index (χ1n) is 8.77. The smallest absolute Gasteiger partial charge is 0.0413 e. The van der Waals surface area contributed by atoms with E-state index in [0.29, 0.717) is 11.6 Å². The normalized spacial score (nSPS) is 29.7. The van der Waals surface area contributed by atoms with Crippen molar-refractivity contribution in [2.45, 2.75) is 64.5 Å². The first-order valence-corrected chi connectivity index (χ1v) is 8.77. The summed E-state index contributed by atoms with van der Waals surface area (Å²) in [7, 11) is 0. The zero-order chi connectivity index (χ0) is 14.9. The highest BCUT2D eigenvalue weighted by Crippen LogP contribution is 2.42. The molecule has 2 aliphatic rings. The molecule has 2 fully saturated rings. The van der Waals surface area contributed by atoms with Crippen molar-refractivity contribution in [1.82, 2.24) is 5.32 Å². The molecule has 2 unspecified atom stereocenters. The highest BCUT2D eigenvalue weighted by Gasteiger charge is 2.45. The summed E-state index contributed by atoms with van der Waals surface area (Å²) < 4.78 is 0. The Kier molecular flexibility index (Phi) is 4.26. The third-order valence-corrected chi connectivity index (χ3v) is 5.45. The van der Waals surface area contributed by atoms with Crippen molar-refractivity contribution in [2.24, 2.45) is 5.92 Å². The van der Waals surface area contributed by atoms with Crippen LogP contribution < -0.4 is 10.2 Å². The van der Waals surface area contributed by atoms with Gasteiger partial charge in [-0.3, -0.25) is 0 Å². The van der Waals surface area contributed by atoms with Crippen LogP contribution in [-0.2, 0) is 6.42 Å². The van der Waals surface area contributed by atoms with Crippen LogP contribution in [0.2, 0.25) is 0 Å². The van der Waals surface area contributed by atoms with E-state index < -0.39 is 0 Å². The summed E-state index contributed by atoms with van der Waals surface area (Å²) >= 11 is 0. The van der Waals surface area contributed by atoms with Crippen LogP contribution in [0.1, 0.15) is 52.0 Å². The second kappa shape index (κ2) is 6.00. The Labute approximate surface area is 129 Å². The molecule has 2 heteroatoms. The summed E-state index contributed by atoms with van der Waals surface area (Å²) in [5, 5.41) is 3.87. The van der Waals surface area contributed by atoms with Crippen LogP contribution in [0.4, 0.5) is 5.69 Å². The van der Waals surface area contributed by atoms with Gasteiger partial charge in [0.05, 0.1) is 0 Å². The maximum Gasteiger partial charge on any atom is 0.0413 e. The summed E-state index contributed by atoms with van der Waals surface area (Å²) in [6.45, 7) is 9.33. The molecule has 0 spiro atoms. The molecular weight excluding hydrogens is 256 g/mol. The number of nitrogens with one attached hydrogen (secondary N) is 1. The van der Waals surface area contributed by atoms with E-state index >= 15 is 0 Å². The topological polar surface area (TPSA) is 15.3 Å². The van der Waals surface area contributed by atoms with Gasteiger partial charge in [-0.05, 0) is 50.2 Å². The van der Waals surface area contributed by atoms with Gasteiger partial charge in [-0.15, -0.1) is 0 Å². The van der Waals surface area contributed by atoms with Gasteiger partial charge in [-0.2, -0.15) is 0 Å². The Bertz CT molecular complexity index is 480. The first kappa shape index (κ1) is 14.9. The molecule has 1 heterocycles. The maximum atomic E-state index is 3.87. The Balaban J connectivity index is 1.89. The van der Waals surface area contributed by atoms with Gasteiger partial charge in [-0.25, -0.2) is 0 Å². The lowest BCUT2D eigenvalue weighted by atomic mass is 9.89. The van der Waals surface area contributed by atoms with Crippen LogP contribution >= 0.6 is 0 Å². The fourth-order valence-electron chi connectivity index (χ4n) is 3.91. The van der Waals surface area contributed by atoms with Gasteiger partial charge in [0.15, 0.2) is 0 Å². The van der Waals surface area contributed by atoms with Gasteiger partial charge in [0, 0.05) is 30.4 Å². The van der Waals surface area contributed by atoms with Crippen molar-refractivity contribution >= 4 is 5.69 Å². The van der Waals surface area contributed by atoms with Gasteiger partial charge in [0.2, 0.25) is 0 Å². The quantitative estimate of drug-likeness (QED) is 0.880. The molecule has 1 aromatic carbocycles. The van der Waals surface area contributed by atoms with E-state index in [1.54, 1.807) is 0 Å². The van der Waals surface area contributed by atoms with E-state index in [9.17, 15) is 0 Å². The number of para-hydroxylation sites is 1. The van der Waals surface area contributed by atoms with E-state index in [4.69, 9.17) is 0 Å². The summed E-state index contributed by atoms with van der Waals surface area (Å²) in [6.07, 6.45) is 6.44. The summed E-state index contributed by atoms with van der Waals surface area (Å²) in [4.78, 5) is 2.71. The summed E-state index contributed by atoms with van der Waals surface area (Å²) in [5.41, 5.74) is 3.32. The van der Waals surface area contributed by atoms with Gasteiger partial charge < -0.3 is 10.2 Å². The molecule has 0 bridgehead atoms. The highest BCUT2D eigenvalue weighted by atomic mass is 15.3. The lowest BCUT2D eigenvalue weighted by Crippen LogP contribution is -2.64. The van der Waals surface area contributed by atoms with Gasteiger partial charge in [0.25, 0.3) is 0 Å². The third-order valence-electron chi connectivity index (χ3n) is 5.45. The number of benzene rings is 1. The van der Waals surface area contributed by atoms with Crippen molar-refractivity contribution in [3.8, 4) is 0 Å². The summed E-state index contributed by atoms with van der Waals surface area (Å²) in [6, 6.07) is 9.69. The number of piperazine rings is 1. The fourth-order valence-corrected chi connectivity index (χ4v) is 3.91. The second-order valence-electron chi connectivity index (χ2n) is 7.14. The maximum absolute atomic E-state index is 3.87. The van der Waals surface area contributed by atoms with Crippen molar-refractivity contribution in [3.63, 3.8) is 0 Å². The Morgan fingerprint density at radius 2 is 2.00 bits per heavy atom. The molecule has 2 nitrogen and oxygen atoms in total. The largest absolute Gasteiger partial charge is 0.365 e. The standard InChI is InChI=1S/C19H30N2/c1-4-8-15-9-6-7-10-18(15)21-14-19(3,16-11-12-16)20-13-17(21)5-2/h6-7,9-10,16-17,20H,4-5,8,11-14H2,1-3H3. The Hall–Kier alpha value is -1.02. The number of anilines is 1. The SMILES string of the molecule is CCCc1ccccc1N1CC(C)(C2CC2)NCC1CC. The van der Waals surface area contributed by atoms with Crippen LogP contribution in [0, 0.1) is 5.92 Å². The zero-order valence-corrected chi connectivity index (χ0v) is 13.9. The van der Waals surface area contributed by atoms with Crippen LogP contribution in [0.5, 0.6) is 0 Å². The lowest BCUT2D eigenvalue weighted by molar-refractivity contribution is 0.252. The monoisotopic (exact) mass is 286 g/mol. The van der Waals surface area contributed by atoms with Crippen LogP contribution in [-0.4, -0.2) is 24.7 Å². The molecule has 116 valence electrons. The minimum absolute atomic E-state index is 0.311. The van der Waals surface area contributed by atoms with Gasteiger partial charge in [0.1, 0.15) is 0 Å². The van der Waals surface area contributed by atoms with Crippen molar-refractivity contribution < 1.29 is 0 Å². The second-order valence-corrected chi connectivity index (χ2v) is 7.14. The number of nitrogens with zero attached hydrogens (tertiary/aromatic N) is 1. The van der Waals surface area contributed by atoms with Crippen molar-refractivity contribution in [1.29, 1.82) is 0 Å².